The van der Waals surface area contributed by atoms with E-state index in [1.807, 2.05) is 0 Å². The second-order valence-electron chi connectivity index (χ2n) is 6.64. The Labute approximate surface area is 94.8 Å². The molecule has 1 aliphatic rings. The molecular weight excluding hydrogens is 186 g/mol. The molecule has 0 aromatic carbocycles. The van der Waals surface area contributed by atoms with Gasteiger partial charge < -0.3 is 10.1 Å². The van der Waals surface area contributed by atoms with Crippen molar-refractivity contribution in [1.29, 1.82) is 0 Å². The minimum Gasteiger partial charge on any atom is -0.377 e. The monoisotopic (exact) mass is 213 g/mol. The Morgan fingerprint density at radius 2 is 1.87 bits per heavy atom. The maximum Gasteiger partial charge on any atom is 0.0700 e. The molecule has 1 N–H and O–H groups in total. The minimum atomic E-state index is 0.212. The van der Waals surface area contributed by atoms with Gasteiger partial charge in [-0.25, -0.2) is 0 Å². The number of hydrogen-bond acceptors (Lipinski definition) is 2. The van der Waals surface area contributed by atoms with Crippen LogP contribution in [0, 0.1) is 5.41 Å². The summed E-state index contributed by atoms with van der Waals surface area (Å²) in [5.74, 6) is 0. The van der Waals surface area contributed by atoms with Crippen LogP contribution < -0.4 is 5.32 Å². The van der Waals surface area contributed by atoms with Crippen LogP contribution in [0.15, 0.2) is 0 Å². The molecule has 1 unspecified atom stereocenters. The third kappa shape index (κ3) is 5.53. The second kappa shape index (κ2) is 4.84. The van der Waals surface area contributed by atoms with Crippen molar-refractivity contribution in [2.45, 2.75) is 65.5 Å². The molecule has 0 amide bonds. The minimum absolute atomic E-state index is 0.212. The Balaban J connectivity index is 2.28. The maximum atomic E-state index is 5.62. The average molecular weight is 213 g/mol. The van der Waals surface area contributed by atoms with Crippen LogP contribution in [0.25, 0.3) is 0 Å². The second-order valence-corrected chi connectivity index (χ2v) is 6.64. The van der Waals surface area contributed by atoms with Crippen molar-refractivity contribution >= 4 is 0 Å². The molecule has 15 heavy (non-hydrogen) atoms. The highest BCUT2D eigenvalue weighted by Gasteiger charge is 2.26. The van der Waals surface area contributed by atoms with Crippen LogP contribution in [0.3, 0.4) is 0 Å². The van der Waals surface area contributed by atoms with Crippen LogP contribution in [-0.2, 0) is 4.74 Å². The normalized spacial score (nSPS) is 23.4. The van der Waals surface area contributed by atoms with E-state index in [2.05, 4.69) is 39.9 Å². The number of hydrogen-bond donors (Lipinski definition) is 1. The van der Waals surface area contributed by atoms with Gasteiger partial charge in [0.2, 0.25) is 0 Å². The summed E-state index contributed by atoms with van der Waals surface area (Å²) in [6, 6.07) is 0. The van der Waals surface area contributed by atoms with Crippen LogP contribution in [0.1, 0.15) is 53.9 Å². The van der Waals surface area contributed by atoms with Gasteiger partial charge in [-0.1, -0.05) is 20.8 Å². The molecule has 1 atom stereocenters. The Bertz CT molecular complexity index is 187. The smallest absolute Gasteiger partial charge is 0.0700 e. The highest BCUT2D eigenvalue weighted by atomic mass is 16.5. The van der Waals surface area contributed by atoms with E-state index in [1.165, 1.54) is 19.3 Å². The lowest BCUT2D eigenvalue weighted by Crippen LogP contribution is -2.45. The van der Waals surface area contributed by atoms with E-state index in [4.69, 9.17) is 4.74 Å². The predicted molar refractivity (Wildman–Crippen MR) is 65.1 cm³/mol. The molecule has 0 aliphatic carbocycles. The average Bonchev–Trinajstić information content (AvgIpc) is 2.47. The Morgan fingerprint density at radius 1 is 1.20 bits per heavy atom. The van der Waals surface area contributed by atoms with E-state index in [-0.39, 0.29) is 5.54 Å². The number of ether oxygens (including phenoxy) is 1. The fourth-order valence-corrected chi connectivity index (χ4v) is 2.58. The molecule has 1 heterocycles. The van der Waals surface area contributed by atoms with Gasteiger partial charge in [0.05, 0.1) is 6.10 Å². The topological polar surface area (TPSA) is 21.3 Å². The first kappa shape index (κ1) is 13.0. The van der Waals surface area contributed by atoms with Crippen LogP contribution in [0.2, 0.25) is 0 Å². The molecule has 0 spiro atoms. The Hall–Kier alpha value is -0.0800. The van der Waals surface area contributed by atoms with Crippen LogP contribution in [-0.4, -0.2) is 24.8 Å². The lowest BCUT2D eigenvalue weighted by molar-refractivity contribution is 0.0984. The van der Waals surface area contributed by atoms with Crippen LogP contribution in [0.4, 0.5) is 0 Å². The Morgan fingerprint density at radius 3 is 2.33 bits per heavy atom. The molecule has 0 saturated carbocycles. The van der Waals surface area contributed by atoms with Crippen molar-refractivity contribution in [3.8, 4) is 0 Å². The SMILES string of the molecule is CC(C)(C)CC(C)(C)NCC1CCCO1. The molecule has 0 aromatic rings. The lowest BCUT2D eigenvalue weighted by atomic mass is 9.82. The summed E-state index contributed by atoms with van der Waals surface area (Å²) in [6.45, 7) is 13.4. The summed E-state index contributed by atoms with van der Waals surface area (Å²) >= 11 is 0. The van der Waals surface area contributed by atoms with E-state index in [9.17, 15) is 0 Å². The van der Waals surface area contributed by atoms with E-state index >= 15 is 0 Å². The van der Waals surface area contributed by atoms with Gasteiger partial charge in [0.1, 0.15) is 0 Å². The molecule has 2 nitrogen and oxygen atoms in total. The van der Waals surface area contributed by atoms with E-state index < -0.39 is 0 Å². The van der Waals surface area contributed by atoms with Crippen LogP contribution >= 0.6 is 0 Å². The fourth-order valence-electron chi connectivity index (χ4n) is 2.58. The third-order valence-electron chi connectivity index (χ3n) is 2.80. The first-order valence-corrected chi connectivity index (χ1v) is 6.15. The van der Waals surface area contributed by atoms with Crippen molar-refractivity contribution in [3.63, 3.8) is 0 Å². The number of nitrogens with one attached hydrogen (secondary N) is 1. The van der Waals surface area contributed by atoms with Gasteiger partial charge in [0.25, 0.3) is 0 Å². The zero-order chi connectivity index (χ0) is 11.5. The maximum absolute atomic E-state index is 5.62. The summed E-state index contributed by atoms with van der Waals surface area (Å²) in [7, 11) is 0. The highest BCUT2D eigenvalue weighted by molar-refractivity contribution is 4.84. The summed E-state index contributed by atoms with van der Waals surface area (Å²) < 4.78 is 5.62. The number of rotatable bonds is 4. The molecule has 90 valence electrons. The molecule has 2 heteroatoms. The van der Waals surface area contributed by atoms with Gasteiger partial charge in [-0.05, 0) is 38.5 Å². The van der Waals surface area contributed by atoms with E-state index in [1.54, 1.807) is 0 Å². The Kier molecular flexibility index (Phi) is 4.19. The lowest BCUT2D eigenvalue weighted by Gasteiger charge is -2.34. The van der Waals surface area contributed by atoms with Crippen molar-refractivity contribution in [1.82, 2.24) is 5.32 Å². The van der Waals surface area contributed by atoms with Crippen molar-refractivity contribution < 1.29 is 4.74 Å². The third-order valence-corrected chi connectivity index (χ3v) is 2.80. The van der Waals surface area contributed by atoms with Gasteiger partial charge in [0.15, 0.2) is 0 Å². The molecule has 0 aromatic heterocycles. The molecule has 0 bridgehead atoms. The summed E-state index contributed by atoms with van der Waals surface area (Å²) in [5.41, 5.74) is 0.594. The summed E-state index contributed by atoms with van der Waals surface area (Å²) in [5, 5.41) is 3.63. The van der Waals surface area contributed by atoms with Gasteiger partial charge in [-0.2, -0.15) is 0 Å². The fraction of sp³-hybridized carbons (Fsp3) is 1.00. The molecule has 1 aliphatic heterocycles. The molecule has 0 radical (unpaired) electrons. The van der Waals surface area contributed by atoms with Crippen molar-refractivity contribution in [3.05, 3.63) is 0 Å². The summed E-state index contributed by atoms with van der Waals surface area (Å²) in [6.07, 6.45) is 4.08. The summed E-state index contributed by atoms with van der Waals surface area (Å²) in [4.78, 5) is 0. The van der Waals surface area contributed by atoms with Gasteiger partial charge >= 0.3 is 0 Å². The zero-order valence-corrected chi connectivity index (χ0v) is 11.0. The largest absolute Gasteiger partial charge is 0.377 e. The van der Waals surface area contributed by atoms with Gasteiger partial charge in [-0.15, -0.1) is 0 Å². The van der Waals surface area contributed by atoms with Crippen LogP contribution in [0.5, 0.6) is 0 Å². The first-order chi connectivity index (χ1) is 6.79. The molecule has 1 fully saturated rings. The molecular formula is C13H27NO. The quantitative estimate of drug-likeness (QED) is 0.775. The predicted octanol–water partition coefficient (Wildman–Crippen LogP) is 2.97. The zero-order valence-electron chi connectivity index (χ0n) is 11.0. The van der Waals surface area contributed by atoms with Crippen molar-refractivity contribution in [2.24, 2.45) is 5.41 Å². The van der Waals surface area contributed by atoms with Gasteiger partial charge in [-0.3, -0.25) is 0 Å². The molecule has 1 rings (SSSR count). The van der Waals surface area contributed by atoms with Gasteiger partial charge in [0, 0.05) is 18.7 Å². The van der Waals surface area contributed by atoms with Crippen molar-refractivity contribution in [2.75, 3.05) is 13.2 Å². The van der Waals surface area contributed by atoms with E-state index in [0.717, 1.165) is 13.2 Å². The standard InChI is InChI=1S/C13H27NO/c1-12(2,3)10-13(4,5)14-9-11-7-6-8-15-11/h11,14H,6-10H2,1-5H3. The first-order valence-electron chi connectivity index (χ1n) is 6.15. The van der Waals surface area contributed by atoms with E-state index in [0.29, 0.717) is 11.5 Å². The highest BCUT2D eigenvalue weighted by Crippen LogP contribution is 2.27. The molecule has 1 saturated heterocycles.